The number of piperidine rings is 1. The van der Waals surface area contributed by atoms with E-state index in [-0.39, 0.29) is 30.1 Å². The number of benzene rings is 1. The molecule has 3 aliphatic rings. The number of carbonyl (C=O) groups is 2. The van der Waals surface area contributed by atoms with Crippen molar-refractivity contribution in [1.29, 1.82) is 0 Å². The maximum Gasteiger partial charge on any atom is 0.407 e. The molecule has 2 unspecified atom stereocenters. The van der Waals surface area contributed by atoms with Crippen LogP contribution in [-0.4, -0.2) is 68.1 Å². The monoisotopic (exact) mass is 535 g/mol. The molecule has 2 amide bonds. The van der Waals surface area contributed by atoms with Crippen molar-refractivity contribution >= 4 is 23.8 Å². The van der Waals surface area contributed by atoms with E-state index in [0.29, 0.717) is 24.0 Å². The van der Waals surface area contributed by atoms with Gasteiger partial charge in [-0.15, -0.1) is 0 Å². The van der Waals surface area contributed by atoms with E-state index < -0.39 is 12.2 Å². The van der Waals surface area contributed by atoms with Crippen LogP contribution in [0.3, 0.4) is 0 Å². The van der Waals surface area contributed by atoms with Gasteiger partial charge in [0.05, 0.1) is 19.8 Å². The third kappa shape index (κ3) is 6.89. The Morgan fingerprint density at radius 3 is 2.73 bits per heavy atom. The lowest BCUT2D eigenvalue weighted by Gasteiger charge is -2.52. The van der Waals surface area contributed by atoms with Crippen molar-refractivity contribution in [3.8, 4) is 0 Å². The van der Waals surface area contributed by atoms with E-state index in [4.69, 9.17) is 16.3 Å². The summed E-state index contributed by atoms with van der Waals surface area (Å²) in [6.07, 6.45) is 8.33. The zero-order valence-corrected chi connectivity index (χ0v) is 22.7. The maximum absolute atomic E-state index is 12.7. The molecule has 3 N–H and O–H groups in total. The summed E-state index contributed by atoms with van der Waals surface area (Å²) in [7, 11) is 1.33. The van der Waals surface area contributed by atoms with Gasteiger partial charge in [0.2, 0.25) is 0 Å². The van der Waals surface area contributed by atoms with E-state index >= 15 is 0 Å². The Hall–Kier alpha value is -2.03. The molecule has 1 aromatic rings. The smallest absolute Gasteiger partial charge is 0.407 e. The number of hydrogen-bond acceptors (Lipinski definition) is 5. The molecule has 37 heavy (non-hydrogen) atoms. The number of amides is 2. The largest absolute Gasteiger partial charge is 0.465 e. The highest BCUT2D eigenvalue weighted by Crippen LogP contribution is 2.50. The van der Waals surface area contributed by atoms with Gasteiger partial charge in [-0.05, 0) is 55.8 Å². The molecule has 4 atom stereocenters. The second-order valence-electron chi connectivity index (χ2n) is 11.0. The molecular formula is C28H42ClN3O5. The van der Waals surface area contributed by atoms with Gasteiger partial charge in [0, 0.05) is 42.0 Å². The van der Waals surface area contributed by atoms with Crippen molar-refractivity contribution in [2.24, 2.45) is 17.3 Å². The molecule has 0 spiro atoms. The second-order valence-corrected chi connectivity index (χ2v) is 11.4. The van der Waals surface area contributed by atoms with E-state index in [0.717, 1.165) is 44.3 Å². The third-order valence-electron chi connectivity index (χ3n) is 8.67. The predicted molar refractivity (Wildman–Crippen MR) is 143 cm³/mol. The van der Waals surface area contributed by atoms with Crippen LogP contribution in [-0.2, 0) is 9.47 Å². The quantitative estimate of drug-likeness (QED) is 0.363. The predicted octanol–water partition coefficient (Wildman–Crippen LogP) is 5.46. The van der Waals surface area contributed by atoms with Crippen molar-refractivity contribution in [3.05, 3.63) is 34.9 Å². The SMILES string of the molecule is COC(=O)NCCO[C@@H](c1cccc(Cl)c1)C1CCCN(C(=O)O)C1[C@@]1(CC2CCCCC2)CCNC1. The van der Waals surface area contributed by atoms with Gasteiger partial charge < -0.3 is 30.1 Å². The number of hydrogen-bond donors (Lipinski definition) is 3. The van der Waals surface area contributed by atoms with Crippen LogP contribution in [0, 0.1) is 17.3 Å². The molecule has 1 saturated carbocycles. The Balaban J connectivity index is 1.67. The summed E-state index contributed by atoms with van der Waals surface area (Å²) < 4.78 is 11.2. The molecule has 2 aliphatic heterocycles. The number of carbonyl (C=O) groups excluding carboxylic acids is 1. The van der Waals surface area contributed by atoms with Crippen molar-refractivity contribution in [3.63, 3.8) is 0 Å². The first-order valence-electron chi connectivity index (χ1n) is 13.8. The molecule has 1 aromatic carbocycles. The van der Waals surface area contributed by atoms with Crippen molar-refractivity contribution in [1.82, 2.24) is 15.5 Å². The molecule has 2 saturated heterocycles. The van der Waals surface area contributed by atoms with Crippen molar-refractivity contribution < 1.29 is 24.2 Å². The number of methoxy groups -OCH3 is 1. The van der Waals surface area contributed by atoms with Crippen LogP contribution in [0.5, 0.6) is 0 Å². The van der Waals surface area contributed by atoms with Gasteiger partial charge in [0.25, 0.3) is 0 Å². The fourth-order valence-corrected chi connectivity index (χ4v) is 7.38. The first-order chi connectivity index (χ1) is 17.9. The standard InChI is InChI=1S/C28H42ClN3O5/c1-36-26(33)31-14-16-37-24(21-9-5-10-22(29)17-21)23-11-6-15-32(27(34)35)25(23)28(12-13-30-19-28)18-20-7-3-2-4-8-20/h5,9-10,17,20,23-25,30H,2-4,6-8,11-16,18-19H2,1H3,(H,31,33)(H,34,35)/t23?,24-,25?,28+/m0/s1. The Morgan fingerprint density at radius 2 is 2.05 bits per heavy atom. The minimum absolute atomic E-state index is 0.0232. The molecule has 9 heteroatoms. The maximum atomic E-state index is 12.7. The summed E-state index contributed by atoms with van der Waals surface area (Å²) in [6.45, 7) is 2.89. The highest BCUT2D eigenvalue weighted by Gasteiger charge is 2.53. The lowest BCUT2D eigenvalue weighted by molar-refractivity contribution is -0.0775. The summed E-state index contributed by atoms with van der Waals surface area (Å²) in [4.78, 5) is 25.9. The molecule has 1 aliphatic carbocycles. The topological polar surface area (TPSA) is 100 Å². The molecule has 206 valence electrons. The van der Waals surface area contributed by atoms with Crippen LogP contribution >= 0.6 is 11.6 Å². The minimum Gasteiger partial charge on any atom is -0.465 e. The fourth-order valence-electron chi connectivity index (χ4n) is 7.18. The van der Waals surface area contributed by atoms with Gasteiger partial charge >= 0.3 is 12.2 Å². The van der Waals surface area contributed by atoms with Crippen molar-refractivity contribution in [2.45, 2.75) is 69.9 Å². The fraction of sp³-hybridized carbons (Fsp3) is 0.714. The number of carboxylic acid groups (broad SMARTS) is 1. The number of ether oxygens (including phenoxy) is 2. The van der Waals surface area contributed by atoms with Crippen LogP contribution in [0.25, 0.3) is 0 Å². The van der Waals surface area contributed by atoms with Gasteiger partial charge in [0.1, 0.15) is 0 Å². The summed E-state index contributed by atoms with van der Waals surface area (Å²) in [6, 6.07) is 7.55. The van der Waals surface area contributed by atoms with Crippen molar-refractivity contribution in [2.75, 3.05) is 39.9 Å². The van der Waals surface area contributed by atoms with E-state index in [2.05, 4.69) is 15.4 Å². The zero-order chi connectivity index (χ0) is 26.3. The molecule has 4 rings (SSSR count). The van der Waals surface area contributed by atoms with E-state index in [1.807, 2.05) is 24.3 Å². The average molecular weight is 536 g/mol. The van der Waals surface area contributed by atoms with Gasteiger partial charge in [-0.25, -0.2) is 9.59 Å². The Morgan fingerprint density at radius 1 is 1.24 bits per heavy atom. The van der Waals surface area contributed by atoms with Crippen LogP contribution in [0.1, 0.15) is 69.5 Å². The molecule has 0 bridgehead atoms. The minimum atomic E-state index is -0.846. The van der Waals surface area contributed by atoms with Gasteiger partial charge in [0.15, 0.2) is 0 Å². The molecule has 8 nitrogen and oxygen atoms in total. The highest BCUT2D eigenvalue weighted by molar-refractivity contribution is 6.30. The van der Waals surface area contributed by atoms with Crippen LogP contribution in [0.2, 0.25) is 5.02 Å². The first kappa shape index (κ1) is 28.0. The second kappa shape index (κ2) is 13.2. The molecule has 3 fully saturated rings. The first-order valence-corrected chi connectivity index (χ1v) is 14.2. The van der Waals surface area contributed by atoms with Gasteiger partial charge in [-0.1, -0.05) is 55.8 Å². The van der Waals surface area contributed by atoms with Crippen LogP contribution in [0.15, 0.2) is 24.3 Å². The van der Waals surface area contributed by atoms with Crippen LogP contribution in [0.4, 0.5) is 9.59 Å². The number of likely N-dealkylation sites (tertiary alicyclic amines) is 1. The van der Waals surface area contributed by atoms with E-state index in [1.54, 1.807) is 4.90 Å². The Labute approximate surface area is 225 Å². The van der Waals surface area contributed by atoms with Crippen LogP contribution < -0.4 is 10.6 Å². The van der Waals surface area contributed by atoms with Gasteiger partial charge in [-0.2, -0.15) is 0 Å². The molecule has 0 aromatic heterocycles. The number of halogens is 1. The number of nitrogens with zero attached hydrogens (tertiary/aromatic N) is 1. The number of alkyl carbamates (subject to hydrolysis) is 1. The molecular weight excluding hydrogens is 494 g/mol. The number of nitrogens with one attached hydrogen (secondary N) is 2. The summed E-state index contributed by atoms with van der Waals surface area (Å²) in [5.41, 5.74) is 0.822. The summed E-state index contributed by atoms with van der Waals surface area (Å²) in [5.74, 6) is 0.617. The molecule has 0 radical (unpaired) electrons. The molecule has 2 heterocycles. The third-order valence-corrected chi connectivity index (χ3v) is 8.90. The normalized spacial score (nSPS) is 27.6. The Kier molecular flexibility index (Phi) is 9.96. The lowest BCUT2D eigenvalue weighted by Crippen LogP contribution is -2.59. The Bertz CT molecular complexity index is 904. The summed E-state index contributed by atoms with van der Waals surface area (Å²) in [5, 5.41) is 17.3. The highest BCUT2D eigenvalue weighted by atomic mass is 35.5. The summed E-state index contributed by atoms with van der Waals surface area (Å²) >= 11 is 6.40. The lowest BCUT2D eigenvalue weighted by atomic mass is 9.63. The van der Waals surface area contributed by atoms with Gasteiger partial charge in [-0.3, -0.25) is 0 Å². The average Bonchev–Trinajstić information content (AvgIpc) is 3.37. The zero-order valence-electron chi connectivity index (χ0n) is 21.9. The van der Waals surface area contributed by atoms with E-state index in [1.165, 1.54) is 39.2 Å². The van der Waals surface area contributed by atoms with E-state index in [9.17, 15) is 14.7 Å². The number of rotatable bonds is 9.